The first-order valence-corrected chi connectivity index (χ1v) is 19.9. The third-order valence-electron chi connectivity index (χ3n) is 13.4. The zero-order chi connectivity index (χ0) is 37.3. The first-order valence-electron chi connectivity index (χ1n) is 19.9. The van der Waals surface area contributed by atoms with E-state index < -0.39 is 12.1 Å². The molecule has 4 aliphatic carbocycles. The lowest BCUT2D eigenvalue weighted by Crippen LogP contribution is -2.62. The molecule has 0 spiro atoms. The number of carbonyl (C=O) groups excluding carboxylic acids is 2. The van der Waals surface area contributed by atoms with Crippen LogP contribution in [0.25, 0.3) is 11.1 Å². The van der Waals surface area contributed by atoms with Gasteiger partial charge in [0.25, 0.3) is 5.91 Å². The Kier molecular flexibility index (Phi) is 12.0. The van der Waals surface area contributed by atoms with Crippen LogP contribution >= 0.6 is 0 Å². The van der Waals surface area contributed by atoms with Gasteiger partial charge in [0.15, 0.2) is 0 Å². The zero-order valence-corrected chi connectivity index (χ0v) is 32.9. The summed E-state index contributed by atoms with van der Waals surface area (Å²) in [6.45, 7) is 12.2. The van der Waals surface area contributed by atoms with E-state index in [1.807, 2.05) is 42.5 Å². The number of amides is 2. The monoisotopic (exact) mass is 716 g/mol. The van der Waals surface area contributed by atoms with Crippen LogP contribution in [-0.4, -0.2) is 85.5 Å². The highest BCUT2D eigenvalue weighted by atomic mass is 16.7. The van der Waals surface area contributed by atoms with Crippen molar-refractivity contribution in [2.45, 2.75) is 110 Å². The third-order valence-corrected chi connectivity index (χ3v) is 13.4. The second kappa shape index (κ2) is 16.2. The molecule has 9 nitrogen and oxygen atoms in total. The number of fused-ring (bicyclic) bond motifs is 2. The second-order valence-electron chi connectivity index (χ2n) is 17.6. The molecule has 2 aromatic rings. The fraction of sp³-hybridized carbons (Fsp3) is 0.674. The smallest absolute Gasteiger partial charge is 0.251 e. The molecule has 2 bridgehead atoms. The van der Waals surface area contributed by atoms with Gasteiger partial charge in [-0.25, -0.2) is 0 Å². The molecule has 1 heterocycles. The van der Waals surface area contributed by atoms with Crippen molar-refractivity contribution in [3.8, 4) is 16.9 Å². The van der Waals surface area contributed by atoms with Crippen LogP contribution in [0.3, 0.4) is 0 Å². The van der Waals surface area contributed by atoms with Crippen LogP contribution in [0, 0.1) is 40.9 Å². The summed E-state index contributed by atoms with van der Waals surface area (Å²) in [6, 6.07) is 13.4. The van der Waals surface area contributed by atoms with Crippen molar-refractivity contribution in [3.05, 3.63) is 53.6 Å². The predicted octanol–water partition coefficient (Wildman–Crippen LogP) is 6.54. The van der Waals surface area contributed by atoms with Crippen LogP contribution in [0.15, 0.2) is 42.5 Å². The Hall–Kier alpha value is -2.98. The van der Waals surface area contributed by atoms with Crippen LogP contribution in [0.4, 0.5) is 0 Å². The van der Waals surface area contributed by atoms with Gasteiger partial charge in [-0.2, -0.15) is 5.06 Å². The van der Waals surface area contributed by atoms with Gasteiger partial charge in [0.05, 0.1) is 20.3 Å². The standard InChI is InChI=1S/C43H64N4O5/c1-26(2)38-37(25-48)52-47(39(38)42(50)44-35-22-32-21-34(27(35)3)43(32,4)5)23-31-18-13-19-33(40(31)51-8)29-16-12-17-30(20-29)41(49)45-36(24-46(6)7)28-14-10-9-11-15-28/h12-13,16-20,26-28,32,34-39,48H,9-11,14-15,21-25H2,1-8H3,(H,44,50)(H,45,49)/t27-,32+,34-,35-,36-,37-,38-,39-/m0/s1. The number of hydrogen-bond acceptors (Lipinski definition) is 7. The molecule has 0 unspecified atom stereocenters. The van der Waals surface area contributed by atoms with E-state index in [9.17, 15) is 14.7 Å². The van der Waals surface area contributed by atoms with E-state index in [4.69, 9.17) is 9.57 Å². The Morgan fingerprint density at radius 2 is 1.81 bits per heavy atom. The van der Waals surface area contributed by atoms with Gasteiger partial charge < -0.3 is 25.4 Å². The fourth-order valence-electron chi connectivity index (χ4n) is 10.4. The minimum Gasteiger partial charge on any atom is -0.496 e. The zero-order valence-electron chi connectivity index (χ0n) is 32.9. The Labute approximate surface area is 312 Å². The number of aliphatic hydroxyl groups excluding tert-OH is 1. The van der Waals surface area contributed by atoms with Crippen LogP contribution in [0.5, 0.6) is 5.75 Å². The maximum absolute atomic E-state index is 14.3. The van der Waals surface area contributed by atoms with Crippen LogP contribution in [-0.2, 0) is 16.2 Å². The fourth-order valence-corrected chi connectivity index (χ4v) is 10.4. The number of likely N-dealkylation sites (N-methyl/N-ethyl adjacent to an activating group) is 1. The van der Waals surface area contributed by atoms with Gasteiger partial charge in [-0.15, -0.1) is 0 Å². The van der Waals surface area contributed by atoms with E-state index in [1.54, 1.807) is 12.2 Å². The first kappa shape index (κ1) is 38.7. The summed E-state index contributed by atoms with van der Waals surface area (Å²) >= 11 is 0. The van der Waals surface area contributed by atoms with Gasteiger partial charge in [-0.05, 0) is 92.5 Å². The van der Waals surface area contributed by atoms with Crippen LogP contribution in [0.2, 0.25) is 0 Å². The van der Waals surface area contributed by atoms with E-state index in [0.717, 1.165) is 42.5 Å². The van der Waals surface area contributed by atoms with Crippen LogP contribution in [0.1, 0.15) is 95.5 Å². The number of nitrogens with one attached hydrogen (secondary N) is 2. The second-order valence-corrected chi connectivity index (χ2v) is 17.6. The van der Waals surface area contributed by atoms with Crippen molar-refractivity contribution in [2.24, 2.45) is 40.9 Å². The number of para-hydroxylation sites is 1. The van der Waals surface area contributed by atoms with Crippen molar-refractivity contribution >= 4 is 11.8 Å². The molecule has 2 aromatic carbocycles. The number of carbonyl (C=O) groups is 2. The number of aliphatic hydroxyl groups is 1. The highest BCUT2D eigenvalue weighted by molar-refractivity contribution is 5.96. The minimum atomic E-state index is -0.560. The molecule has 8 atom stereocenters. The highest BCUT2D eigenvalue weighted by Crippen LogP contribution is 2.61. The van der Waals surface area contributed by atoms with Gasteiger partial charge in [0, 0.05) is 41.2 Å². The van der Waals surface area contributed by atoms with E-state index >= 15 is 0 Å². The lowest BCUT2D eigenvalue weighted by atomic mass is 9.45. The molecule has 286 valence electrons. The number of methoxy groups -OCH3 is 1. The minimum absolute atomic E-state index is 0.0276. The Morgan fingerprint density at radius 1 is 1.08 bits per heavy atom. The summed E-state index contributed by atoms with van der Waals surface area (Å²) in [6.07, 6.45) is 7.80. The molecular formula is C43H64N4O5. The van der Waals surface area contributed by atoms with E-state index in [1.165, 1.54) is 25.7 Å². The molecule has 5 aliphatic rings. The van der Waals surface area contributed by atoms with Gasteiger partial charge in [-0.1, -0.05) is 84.2 Å². The molecule has 52 heavy (non-hydrogen) atoms. The van der Waals surface area contributed by atoms with Gasteiger partial charge in [0.1, 0.15) is 17.9 Å². The molecule has 0 radical (unpaired) electrons. The predicted molar refractivity (Wildman–Crippen MR) is 206 cm³/mol. The number of nitrogens with zero attached hydrogens (tertiary/aromatic N) is 2. The molecule has 7 rings (SSSR count). The summed E-state index contributed by atoms with van der Waals surface area (Å²) in [4.78, 5) is 36.6. The average molecular weight is 717 g/mol. The van der Waals surface area contributed by atoms with Crippen LogP contribution < -0.4 is 15.4 Å². The quantitative estimate of drug-likeness (QED) is 0.217. The van der Waals surface area contributed by atoms with Crippen molar-refractivity contribution in [1.29, 1.82) is 0 Å². The van der Waals surface area contributed by atoms with Crippen molar-refractivity contribution in [1.82, 2.24) is 20.6 Å². The number of ether oxygens (including phenoxy) is 1. The van der Waals surface area contributed by atoms with Gasteiger partial charge >= 0.3 is 0 Å². The SMILES string of the molecule is COc1c(CN2O[C@@H](CO)[C@H](C(C)C)[C@H]2C(=O)N[C@H]2C[C@H]3C[C@@H]([C@@H]2C)C3(C)C)cccc1-c1cccc(C(=O)N[C@@H](CN(C)C)C2CCCCC2)c1. The highest BCUT2D eigenvalue weighted by Gasteiger charge is 2.57. The van der Waals surface area contributed by atoms with E-state index in [-0.39, 0.29) is 42.3 Å². The van der Waals surface area contributed by atoms with E-state index in [2.05, 4.69) is 64.2 Å². The number of rotatable bonds is 13. The normalized spacial score (nSPS) is 29.5. The lowest BCUT2D eigenvalue weighted by molar-refractivity contribution is -0.183. The molecule has 4 saturated carbocycles. The molecular weight excluding hydrogens is 652 g/mol. The molecule has 9 heteroatoms. The first-order chi connectivity index (χ1) is 24.8. The third kappa shape index (κ3) is 7.80. The summed E-state index contributed by atoms with van der Waals surface area (Å²) in [5.74, 6) is 2.68. The van der Waals surface area contributed by atoms with Gasteiger partial charge in [0.2, 0.25) is 5.91 Å². The largest absolute Gasteiger partial charge is 0.496 e. The molecule has 5 fully saturated rings. The summed E-state index contributed by atoms with van der Waals surface area (Å²) in [5, 5.41) is 19.1. The average Bonchev–Trinajstić information content (AvgIpc) is 3.50. The number of hydrogen-bond donors (Lipinski definition) is 3. The maximum atomic E-state index is 14.3. The number of hydroxylamine groups is 2. The molecule has 2 amide bonds. The topological polar surface area (TPSA) is 103 Å². The Morgan fingerprint density at radius 3 is 2.44 bits per heavy atom. The van der Waals surface area contributed by atoms with Gasteiger partial charge in [-0.3, -0.25) is 14.4 Å². The molecule has 0 aromatic heterocycles. The van der Waals surface area contributed by atoms with Crippen molar-refractivity contribution in [3.63, 3.8) is 0 Å². The Balaban J connectivity index is 1.23. The molecule has 3 N–H and O–H groups in total. The summed E-state index contributed by atoms with van der Waals surface area (Å²) < 4.78 is 6.09. The van der Waals surface area contributed by atoms with Crippen molar-refractivity contribution in [2.75, 3.05) is 34.4 Å². The summed E-state index contributed by atoms with van der Waals surface area (Å²) in [5.41, 5.74) is 3.56. The van der Waals surface area contributed by atoms with E-state index in [0.29, 0.717) is 46.9 Å². The lowest BCUT2D eigenvalue weighted by Gasteiger charge is -2.62. The number of benzene rings is 2. The van der Waals surface area contributed by atoms with Crippen molar-refractivity contribution < 1.29 is 24.3 Å². The Bertz CT molecular complexity index is 1550. The summed E-state index contributed by atoms with van der Waals surface area (Å²) in [7, 11) is 5.79. The molecule has 1 saturated heterocycles. The maximum Gasteiger partial charge on any atom is 0.251 e. The molecule has 1 aliphatic heterocycles.